The Balaban J connectivity index is 1.32. The highest BCUT2D eigenvalue weighted by Gasteiger charge is 2.36. The molecule has 0 unspecified atom stereocenters. The highest BCUT2D eigenvalue weighted by Crippen LogP contribution is 2.36. The van der Waals surface area contributed by atoms with Crippen LogP contribution in [0.3, 0.4) is 0 Å². The molecular formula is C26H26F6N10. The van der Waals surface area contributed by atoms with Gasteiger partial charge in [-0.15, -0.1) is 10.2 Å². The normalized spacial score (nSPS) is 15.2. The van der Waals surface area contributed by atoms with Crippen molar-refractivity contribution in [2.75, 3.05) is 56.9 Å². The van der Waals surface area contributed by atoms with Gasteiger partial charge < -0.3 is 20.4 Å². The van der Waals surface area contributed by atoms with Gasteiger partial charge in [0.15, 0.2) is 5.65 Å². The molecule has 2 N–H and O–H groups in total. The third-order valence-corrected chi connectivity index (χ3v) is 6.70. The van der Waals surface area contributed by atoms with Crippen LogP contribution < -0.4 is 10.6 Å². The van der Waals surface area contributed by atoms with Crippen LogP contribution in [0.5, 0.6) is 0 Å². The lowest BCUT2D eigenvalue weighted by atomic mass is 10.1. The smallest absolute Gasteiger partial charge is 0.369 e. The van der Waals surface area contributed by atoms with E-state index in [1.807, 2.05) is 0 Å². The Labute approximate surface area is 236 Å². The van der Waals surface area contributed by atoms with Gasteiger partial charge in [0, 0.05) is 45.1 Å². The number of piperazine rings is 1. The lowest BCUT2D eigenvalue weighted by molar-refractivity contribution is -0.138. The molecule has 0 radical (unpaired) electrons. The van der Waals surface area contributed by atoms with Crippen molar-refractivity contribution in [1.29, 1.82) is 0 Å². The fourth-order valence-electron chi connectivity index (χ4n) is 4.38. The van der Waals surface area contributed by atoms with Crippen molar-refractivity contribution < 1.29 is 26.3 Å². The van der Waals surface area contributed by atoms with Gasteiger partial charge >= 0.3 is 12.4 Å². The van der Waals surface area contributed by atoms with Crippen LogP contribution in [0.15, 0.2) is 42.9 Å². The molecule has 222 valence electrons. The number of likely N-dealkylation sites (N-methyl/N-ethyl adjacent to an activating group) is 1. The molecular weight excluding hydrogens is 566 g/mol. The Bertz CT molecular complexity index is 1520. The highest BCUT2D eigenvalue weighted by molar-refractivity contribution is 5.87. The average Bonchev–Trinajstić information content (AvgIpc) is 2.95. The number of anilines is 3. The molecule has 0 spiro atoms. The second kappa shape index (κ2) is 12.0. The maximum absolute atomic E-state index is 14.0. The summed E-state index contributed by atoms with van der Waals surface area (Å²) < 4.78 is 80.6. The number of nitrogens with zero attached hydrogens (tertiary/aromatic N) is 8. The van der Waals surface area contributed by atoms with E-state index in [4.69, 9.17) is 0 Å². The largest absolute Gasteiger partial charge is 0.418 e. The zero-order chi connectivity index (χ0) is 29.9. The molecule has 5 rings (SSSR count). The summed E-state index contributed by atoms with van der Waals surface area (Å²) >= 11 is 0. The van der Waals surface area contributed by atoms with Gasteiger partial charge in [-0.25, -0.2) is 19.9 Å². The van der Waals surface area contributed by atoms with Gasteiger partial charge in [0.05, 0.1) is 23.0 Å². The number of hydrogen-bond acceptors (Lipinski definition) is 10. The van der Waals surface area contributed by atoms with Crippen LogP contribution in [0.2, 0.25) is 0 Å². The molecule has 0 saturated carbocycles. The highest BCUT2D eigenvalue weighted by atomic mass is 19.4. The Morgan fingerprint density at radius 3 is 2.33 bits per heavy atom. The van der Waals surface area contributed by atoms with E-state index in [1.54, 1.807) is 0 Å². The third-order valence-electron chi connectivity index (χ3n) is 6.70. The van der Waals surface area contributed by atoms with Crippen LogP contribution in [0.25, 0.3) is 22.6 Å². The number of aromatic nitrogens is 6. The lowest BCUT2D eigenvalue weighted by Gasteiger charge is -2.32. The summed E-state index contributed by atoms with van der Waals surface area (Å²) in [6.07, 6.45) is -5.43. The SMILES string of the molecule is CN1CCN(CCCNc2cc(C(F)(F)F)c(-c3cnc4c(Nc5ccc(C(F)(F)F)cn5)ccnc4n3)nn2)CC1. The van der Waals surface area contributed by atoms with Crippen molar-refractivity contribution >= 4 is 28.5 Å². The number of nitrogens with one attached hydrogen (secondary N) is 2. The van der Waals surface area contributed by atoms with E-state index in [2.05, 4.69) is 57.6 Å². The van der Waals surface area contributed by atoms with Crippen molar-refractivity contribution in [2.24, 2.45) is 0 Å². The van der Waals surface area contributed by atoms with Crippen molar-refractivity contribution in [2.45, 2.75) is 18.8 Å². The molecule has 1 aliphatic rings. The summed E-state index contributed by atoms with van der Waals surface area (Å²) in [5.41, 5.74) is -2.19. The number of pyridine rings is 2. The monoisotopic (exact) mass is 592 g/mol. The maximum Gasteiger partial charge on any atom is 0.418 e. The minimum absolute atomic E-state index is 0.00754. The first-order valence-electron chi connectivity index (χ1n) is 13.0. The predicted octanol–water partition coefficient (Wildman–Crippen LogP) is 4.71. The van der Waals surface area contributed by atoms with Gasteiger partial charge in [0.2, 0.25) is 0 Å². The quantitative estimate of drug-likeness (QED) is 0.221. The zero-order valence-electron chi connectivity index (χ0n) is 22.3. The van der Waals surface area contributed by atoms with Gasteiger partial charge in [0.1, 0.15) is 28.5 Å². The Morgan fingerprint density at radius 1 is 0.857 bits per heavy atom. The van der Waals surface area contributed by atoms with Crippen LogP contribution in [-0.2, 0) is 12.4 Å². The molecule has 0 bridgehead atoms. The van der Waals surface area contributed by atoms with Crippen molar-refractivity contribution in [3.63, 3.8) is 0 Å². The fraction of sp³-hybridized carbons (Fsp3) is 0.385. The van der Waals surface area contributed by atoms with Crippen LogP contribution in [-0.4, -0.2) is 86.2 Å². The van der Waals surface area contributed by atoms with Crippen molar-refractivity contribution in [3.8, 4) is 11.4 Å². The van der Waals surface area contributed by atoms with Gasteiger partial charge in [-0.2, -0.15) is 26.3 Å². The van der Waals surface area contributed by atoms with Crippen molar-refractivity contribution in [3.05, 3.63) is 54.0 Å². The molecule has 10 nitrogen and oxygen atoms in total. The molecule has 0 aromatic carbocycles. The molecule has 4 aromatic rings. The van der Waals surface area contributed by atoms with E-state index in [0.717, 1.165) is 63.5 Å². The van der Waals surface area contributed by atoms with Gasteiger partial charge in [-0.3, -0.25) is 0 Å². The zero-order valence-corrected chi connectivity index (χ0v) is 22.3. The van der Waals surface area contributed by atoms with Crippen LogP contribution >= 0.6 is 0 Å². The van der Waals surface area contributed by atoms with Crippen LogP contribution in [0, 0.1) is 0 Å². The molecule has 4 aromatic heterocycles. The molecule has 0 aliphatic carbocycles. The van der Waals surface area contributed by atoms with E-state index < -0.39 is 29.2 Å². The molecule has 1 aliphatic heterocycles. The molecule has 42 heavy (non-hydrogen) atoms. The van der Waals surface area contributed by atoms with Gasteiger partial charge in [-0.1, -0.05) is 0 Å². The first kappa shape index (κ1) is 29.3. The minimum atomic E-state index is -4.75. The van der Waals surface area contributed by atoms with Crippen LogP contribution in [0.1, 0.15) is 17.5 Å². The Kier molecular flexibility index (Phi) is 8.36. The summed E-state index contributed by atoms with van der Waals surface area (Å²) in [6.45, 7) is 5.13. The summed E-state index contributed by atoms with van der Waals surface area (Å²) in [5, 5.41) is 13.5. The van der Waals surface area contributed by atoms with E-state index in [1.165, 1.54) is 12.3 Å². The first-order chi connectivity index (χ1) is 20.0. The molecule has 0 amide bonds. The van der Waals surface area contributed by atoms with Crippen LogP contribution in [0.4, 0.5) is 43.7 Å². The molecule has 5 heterocycles. The number of halogens is 6. The average molecular weight is 593 g/mol. The minimum Gasteiger partial charge on any atom is -0.369 e. The summed E-state index contributed by atoms with van der Waals surface area (Å²) in [4.78, 5) is 20.8. The second-order valence-corrected chi connectivity index (χ2v) is 9.76. The maximum atomic E-state index is 14.0. The number of rotatable bonds is 8. The number of alkyl halides is 6. The summed E-state index contributed by atoms with van der Waals surface area (Å²) in [5.74, 6) is 0.0880. The van der Waals surface area contributed by atoms with Crippen molar-refractivity contribution in [1.82, 2.24) is 39.9 Å². The molecule has 1 fully saturated rings. The Morgan fingerprint density at radius 2 is 1.64 bits per heavy atom. The van der Waals surface area contributed by atoms with Gasteiger partial charge in [0.25, 0.3) is 0 Å². The lowest BCUT2D eigenvalue weighted by Crippen LogP contribution is -2.44. The fourth-order valence-corrected chi connectivity index (χ4v) is 4.38. The topological polar surface area (TPSA) is 108 Å². The second-order valence-electron chi connectivity index (χ2n) is 9.76. The molecule has 1 saturated heterocycles. The molecule has 16 heteroatoms. The third kappa shape index (κ3) is 6.99. The first-order valence-corrected chi connectivity index (χ1v) is 13.0. The summed E-state index contributed by atoms with van der Waals surface area (Å²) in [7, 11) is 2.07. The number of fused-ring (bicyclic) bond motifs is 1. The predicted molar refractivity (Wildman–Crippen MR) is 143 cm³/mol. The van der Waals surface area contributed by atoms with E-state index >= 15 is 0 Å². The summed E-state index contributed by atoms with van der Waals surface area (Å²) in [6, 6.07) is 4.39. The number of hydrogen-bond donors (Lipinski definition) is 2. The standard InChI is InChI=1S/C26H26F6N10/c1-41-9-11-42(12-10-41)8-2-6-33-21-13-17(26(30,31)32)22(40-39-21)19-15-36-23-18(5-7-34-24(23)38-19)37-20-4-3-16(14-35-20)25(27,28)29/h3-5,7,13-15H,2,6,8-12H2,1H3,(H,33,39)(H,34,35,37,38). The Hall–Kier alpha value is -4.18. The van der Waals surface area contributed by atoms with E-state index in [9.17, 15) is 26.3 Å². The van der Waals surface area contributed by atoms with E-state index in [0.29, 0.717) is 18.4 Å². The van der Waals surface area contributed by atoms with E-state index in [-0.39, 0.29) is 28.5 Å². The van der Waals surface area contributed by atoms with Gasteiger partial charge in [-0.05, 0) is 44.3 Å². The molecule has 0 atom stereocenters.